The first-order chi connectivity index (χ1) is 10.7. The Hall–Kier alpha value is -1.85. The van der Waals surface area contributed by atoms with Crippen LogP contribution in [0, 0.1) is 5.92 Å². The van der Waals surface area contributed by atoms with E-state index in [1.54, 1.807) is 13.3 Å². The second-order valence-electron chi connectivity index (χ2n) is 5.95. The van der Waals surface area contributed by atoms with Crippen LogP contribution in [0.3, 0.4) is 0 Å². The number of likely N-dealkylation sites (N-methyl/N-ethyl adjacent to an activating group) is 1. The molecule has 1 saturated carbocycles. The molecule has 2 aromatic rings. The van der Waals surface area contributed by atoms with Gasteiger partial charge in [-0.2, -0.15) is 0 Å². The van der Waals surface area contributed by atoms with E-state index in [0.29, 0.717) is 24.9 Å². The molecule has 1 atom stereocenters. The van der Waals surface area contributed by atoms with E-state index in [1.807, 2.05) is 36.2 Å². The molecule has 1 aromatic heterocycles. The Labute approximate surface area is 130 Å². The van der Waals surface area contributed by atoms with Crippen LogP contribution in [0.5, 0.6) is 5.75 Å². The molecule has 0 amide bonds. The number of rotatable bonds is 7. The maximum Gasteiger partial charge on any atom is 0.209 e. The molecule has 0 aliphatic heterocycles. The van der Waals surface area contributed by atoms with E-state index < -0.39 is 0 Å². The molecule has 0 spiro atoms. The number of ether oxygens (including phenoxy) is 1. The quantitative estimate of drug-likeness (QED) is 0.852. The number of aromatic nitrogens is 1. The van der Waals surface area contributed by atoms with E-state index in [2.05, 4.69) is 4.98 Å². The molecule has 1 fully saturated rings. The Kier molecular flexibility index (Phi) is 4.45. The van der Waals surface area contributed by atoms with Crippen molar-refractivity contribution in [1.82, 2.24) is 9.88 Å². The van der Waals surface area contributed by atoms with Crippen LogP contribution in [-0.4, -0.2) is 41.8 Å². The predicted molar refractivity (Wildman–Crippen MR) is 83.6 cm³/mol. The van der Waals surface area contributed by atoms with Gasteiger partial charge in [-0.1, -0.05) is 0 Å². The highest BCUT2D eigenvalue weighted by molar-refractivity contribution is 5.57. The molecule has 1 aromatic carbocycles. The monoisotopic (exact) mass is 302 g/mol. The summed E-state index contributed by atoms with van der Waals surface area (Å²) in [5, 5.41) is 9.97. The fraction of sp³-hybridized carbons (Fsp3) is 0.471. The minimum atomic E-state index is -0.235. The Morgan fingerprint density at radius 1 is 1.36 bits per heavy atom. The van der Waals surface area contributed by atoms with Gasteiger partial charge in [-0.15, -0.1) is 0 Å². The number of aliphatic hydroxyl groups is 1. The molecule has 0 saturated heterocycles. The van der Waals surface area contributed by atoms with Crippen LogP contribution in [0.25, 0.3) is 11.3 Å². The Bertz CT molecular complexity index is 605. The Morgan fingerprint density at radius 3 is 2.73 bits per heavy atom. The summed E-state index contributed by atoms with van der Waals surface area (Å²) in [5.74, 6) is 2.71. The molecule has 0 bridgehead atoms. The summed E-state index contributed by atoms with van der Waals surface area (Å²) < 4.78 is 10.9. The summed E-state index contributed by atoms with van der Waals surface area (Å²) in [5.41, 5.74) is 0.972. The number of benzene rings is 1. The molecular weight excluding hydrogens is 280 g/mol. The molecule has 5 nitrogen and oxygen atoms in total. The first kappa shape index (κ1) is 15.1. The Balaban J connectivity index is 1.60. The van der Waals surface area contributed by atoms with Gasteiger partial charge >= 0.3 is 0 Å². The zero-order valence-electron chi connectivity index (χ0n) is 13.0. The van der Waals surface area contributed by atoms with Crippen molar-refractivity contribution < 1.29 is 14.3 Å². The molecule has 1 N–H and O–H groups in total. The lowest BCUT2D eigenvalue weighted by Gasteiger charge is -2.18. The van der Waals surface area contributed by atoms with E-state index >= 15 is 0 Å². The van der Waals surface area contributed by atoms with Crippen LogP contribution in [0.4, 0.5) is 0 Å². The van der Waals surface area contributed by atoms with Gasteiger partial charge in [-0.05, 0) is 50.1 Å². The summed E-state index contributed by atoms with van der Waals surface area (Å²) in [4.78, 5) is 6.37. The zero-order chi connectivity index (χ0) is 15.5. The molecule has 22 heavy (non-hydrogen) atoms. The summed E-state index contributed by atoms with van der Waals surface area (Å²) >= 11 is 0. The minimum absolute atomic E-state index is 0.235. The largest absolute Gasteiger partial charge is 0.497 e. The van der Waals surface area contributed by atoms with Gasteiger partial charge in [-0.25, -0.2) is 4.98 Å². The third-order valence-corrected chi connectivity index (χ3v) is 4.00. The highest BCUT2D eigenvalue weighted by Crippen LogP contribution is 2.32. The van der Waals surface area contributed by atoms with Crippen molar-refractivity contribution in [2.24, 2.45) is 5.92 Å². The van der Waals surface area contributed by atoms with Crippen LogP contribution in [0.15, 0.2) is 34.9 Å². The van der Waals surface area contributed by atoms with Crippen molar-refractivity contribution in [3.63, 3.8) is 0 Å². The fourth-order valence-electron chi connectivity index (χ4n) is 2.52. The van der Waals surface area contributed by atoms with Crippen molar-refractivity contribution in [3.05, 3.63) is 36.4 Å². The van der Waals surface area contributed by atoms with E-state index in [4.69, 9.17) is 9.15 Å². The van der Waals surface area contributed by atoms with Crippen LogP contribution in [-0.2, 0) is 6.54 Å². The molecular formula is C17H22N2O3. The van der Waals surface area contributed by atoms with E-state index in [9.17, 15) is 5.11 Å². The lowest BCUT2D eigenvalue weighted by Crippen LogP contribution is -2.30. The lowest BCUT2D eigenvalue weighted by molar-refractivity contribution is 0.100. The minimum Gasteiger partial charge on any atom is -0.497 e. The first-order valence-corrected chi connectivity index (χ1v) is 7.61. The first-order valence-electron chi connectivity index (χ1n) is 7.61. The molecule has 0 radical (unpaired) electrons. The highest BCUT2D eigenvalue weighted by Gasteiger charge is 2.30. The SMILES string of the molecule is COc1ccc(-c2cnc(CN(C)CC(O)C3CC3)o2)cc1. The molecule has 1 aliphatic rings. The van der Waals surface area contributed by atoms with Crippen molar-refractivity contribution in [2.45, 2.75) is 25.5 Å². The average molecular weight is 302 g/mol. The Morgan fingerprint density at radius 2 is 2.09 bits per heavy atom. The van der Waals surface area contributed by atoms with Gasteiger partial charge in [0.05, 0.1) is 26.0 Å². The summed E-state index contributed by atoms with van der Waals surface area (Å²) in [6.45, 7) is 1.25. The van der Waals surface area contributed by atoms with Gasteiger partial charge in [0.1, 0.15) is 5.75 Å². The predicted octanol–water partition coefficient (Wildman–Crippen LogP) is 2.55. The standard InChI is InChI=1S/C17H22N2O3/c1-19(10-15(20)12-3-4-12)11-17-18-9-16(22-17)13-5-7-14(21-2)8-6-13/h5-9,12,15,20H,3-4,10-11H2,1-2H3. The number of methoxy groups -OCH3 is 1. The van der Waals surface area contributed by atoms with Crippen LogP contribution in [0.2, 0.25) is 0 Å². The molecule has 118 valence electrons. The van der Waals surface area contributed by atoms with Crippen LogP contribution >= 0.6 is 0 Å². The zero-order valence-corrected chi connectivity index (χ0v) is 13.0. The third kappa shape index (κ3) is 3.67. The van der Waals surface area contributed by atoms with Gasteiger partial charge in [0.15, 0.2) is 5.76 Å². The number of oxazole rings is 1. The van der Waals surface area contributed by atoms with Gasteiger partial charge in [0.25, 0.3) is 0 Å². The second kappa shape index (κ2) is 6.50. The van der Waals surface area contributed by atoms with Crippen molar-refractivity contribution in [3.8, 4) is 17.1 Å². The van der Waals surface area contributed by atoms with Crippen LogP contribution in [0.1, 0.15) is 18.7 Å². The number of aliphatic hydroxyl groups excluding tert-OH is 1. The lowest BCUT2D eigenvalue weighted by atomic mass is 10.2. The van der Waals surface area contributed by atoms with Crippen molar-refractivity contribution in [1.29, 1.82) is 0 Å². The van der Waals surface area contributed by atoms with Crippen LogP contribution < -0.4 is 4.74 Å². The van der Waals surface area contributed by atoms with Gasteiger partial charge in [0, 0.05) is 12.1 Å². The summed E-state index contributed by atoms with van der Waals surface area (Å²) in [6.07, 6.45) is 3.80. The third-order valence-electron chi connectivity index (χ3n) is 4.00. The maximum atomic E-state index is 9.97. The molecule has 3 rings (SSSR count). The number of nitrogens with zero attached hydrogens (tertiary/aromatic N) is 2. The second-order valence-corrected chi connectivity index (χ2v) is 5.95. The molecule has 1 unspecified atom stereocenters. The highest BCUT2D eigenvalue weighted by atomic mass is 16.5. The number of hydrogen-bond donors (Lipinski definition) is 1. The molecule has 1 heterocycles. The average Bonchev–Trinajstić information content (AvgIpc) is 3.28. The summed E-state index contributed by atoms with van der Waals surface area (Å²) in [7, 11) is 3.62. The maximum absolute atomic E-state index is 9.97. The number of hydrogen-bond acceptors (Lipinski definition) is 5. The molecule has 5 heteroatoms. The van der Waals surface area contributed by atoms with Gasteiger partial charge in [-0.3, -0.25) is 4.90 Å². The smallest absolute Gasteiger partial charge is 0.209 e. The molecule has 1 aliphatic carbocycles. The normalized spacial score (nSPS) is 16.0. The van der Waals surface area contributed by atoms with E-state index in [-0.39, 0.29) is 6.10 Å². The topological polar surface area (TPSA) is 58.7 Å². The van der Waals surface area contributed by atoms with E-state index in [1.165, 1.54) is 0 Å². The van der Waals surface area contributed by atoms with Gasteiger partial charge in [0.2, 0.25) is 5.89 Å². The summed E-state index contributed by atoms with van der Waals surface area (Å²) in [6, 6.07) is 7.69. The van der Waals surface area contributed by atoms with E-state index in [0.717, 1.165) is 29.9 Å². The van der Waals surface area contributed by atoms with Gasteiger partial charge < -0.3 is 14.3 Å². The fourth-order valence-corrected chi connectivity index (χ4v) is 2.52. The van der Waals surface area contributed by atoms with Crippen molar-refractivity contribution in [2.75, 3.05) is 20.7 Å². The van der Waals surface area contributed by atoms with Crippen molar-refractivity contribution >= 4 is 0 Å².